The van der Waals surface area contributed by atoms with Crippen LogP contribution in [0.5, 0.6) is 0 Å². The highest BCUT2D eigenvalue weighted by atomic mass is 27.0. The average molecular weight is 112 g/mol. The fraction of sp³-hybridized carbons (Fsp3) is 1.00. The smallest absolute Gasteiger partial charge is 0.0999 e. The third-order valence-electron chi connectivity index (χ3n) is 1.62. The van der Waals surface area contributed by atoms with Crippen LogP contribution in [0.15, 0.2) is 0 Å². The van der Waals surface area contributed by atoms with Crippen LogP contribution in [0, 0.1) is 0 Å². The lowest BCUT2D eigenvalue weighted by Gasteiger charge is -2.20. The summed E-state index contributed by atoms with van der Waals surface area (Å²) in [4.78, 5) is 0. The summed E-state index contributed by atoms with van der Waals surface area (Å²) in [6.07, 6.45) is 2.52. The summed E-state index contributed by atoms with van der Waals surface area (Å²) in [5, 5.41) is 0. The monoisotopic (exact) mass is 112 g/mol. The maximum absolute atomic E-state index is 2.87. The molecule has 0 aliphatic carbocycles. The van der Waals surface area contributed by atoms with Crippen molar-refractivity contribution in [2.24, 2.45) is 0 Å². The fourth-order valence-electron chi connectivity index (χ4n) is 0.250. The van der Waals surface area contributed by atoms with E-state index in [1.165, 1.54) is 12.8 Å². The maximum Gasteiger partial charge on any atom is 0.129 e. The zero-order valence-corrected chi connectivity index (χ0v) is 6.65. The molecule has 0 saturated carbocycles. The van der Waals surface area contributed by atoms with E-state index in [-0.39, 0.29) is 0 Å². The summed E-state index contributed by atoms with van der Waals surface area (Å²) in [5.74, 6) is 0. The van der Waals surface area contributed by atoms with E-state index in [0.29, 0.717) is 4.28 Å². The summed E-state index contributed by atoms with van der Waals surface area (Å²) in [6, 6.07) is 0. The van der Waals surface area contributed by atoms with E-state index in [9.17, 15) is 0 Å². The lowest BCUT2D eigenvalue weighted by atomic mass is 10.1. The van der Waals surface area contributed by atoms with E-state index < -0.39 is 0 Å². The van der Waals surface area contributed by atoms with Crippen molar-refractivity contribution in [3.8, 4) is 0 Å². The third-order valence-corrected chi connectivity index (χ3v) is 2.43. The summed E-state index contributed by atoms with van der Waals surface area (Å²) in [7, 11) is 0. The Hall–Kier alpha value is 0.532. The van der Waals surface area contributed by atoms with E-state index in [0.717, 1.165) is 0 Å². The van der Waals surface area contributed by atoms with Crippen LogP contribution in [0.1, 0.15) is 33.6 Å². The van der Waals surface area contributed by atoms with E-state index >= 15 is 0 Å². The molecule has 0 rings (SSSR count). The molecule has 0 spiro atoms. The third kappa shape index (κ3) is 3.14. The fourth-order valence-corrected chi connectivity index (χ4v) is 0.250. The Morgan fingerprint density at radius 1 is 1.29 bits per heavy atom. The predicted octanol–water partition coefficient (Wildman–Crippen LogP) is 2.15. The Balaban J connectivity index is 3.36. The normalized spacial score (nSPS) is 11.9. The summed E-state index contributed by atoms with van der Waals surface area (Å²) < 4.78 is 0.500. The second kappa shape index (κ2) is 2.75. The highest BCUT2D eigenvalue weighted by molar-refractivity contribution is 6.14. The number of rotatable bonds is 2. The van der Waals surface area contributed by atoms with Crippen molar-refractivity contribution in [1.82, 2.24) is 0 Å². The van der Waals surface area contributed by atoms with Crippen molar-refractivity contribution in [3.63, 3.8) is 0 Å². The van der Waals surface area contributed by atoms with Gasteiger partial charge >= 0.3 is 0 Å². The van der Waals surface area contributed by atoms with Gasteiger partial charge in [0.1, 0.15) is 16.3 Å². The minimum Gasteiger partial charge on any atom is -0.0999 e. The second-order valence-electron chi connectivity index (χ2n) is 2.36. The standard InChI is InChI=1S/C6H13.Al/c1-4-6(3)5-2;/h4-5H2,1-3H3;. The van der Waals surface area contributed by atoms with E-state index in [1.54, 1.807) is 0 Å². The van der Waals surface area contributed by atoms with E-state index in [4.69, 9.17) is 0 Å². The first kappa shape index (κ1) is 7.53. The zero-order chi connectivity index (χ0) is 5.91. The Labute approximate surface area is 54.7 Å². The highest BCUT2D eigenvalue weighted by Crippen LogP contribution is 2.27. The Morgan fingerprint density at radius 3 is 1.57 bits per heavy atom. The van der Waals surface area contributed by atoms with Gasteiger partial charge < -0.3 is 0 Å². The van der Waals surface area contributed by atoms with Crippen molar-refractivity contribution < 1.29 is 0 Å². The molecule has 0 nitrogen and oxygen atoms in total. The minimum atomic E-state index is 0.500. The van der Waals surface area contributed by atoms with Crippen molar-refractivity contribution >= 4 is 16.3 Å². The molecule has 0 saturated heterocycles. The second-order valence-corrected chi connectivity index (χ2v) is 3.75. The molecule has 0 aromatic heterocycles. The van der Waals surface area contributed by atoms with Crippen molar-refractivity contribution in [3.05, 3.63) is 0 Å². The molecule has 0 bridgehead atoms. The van der Waals surface area contributed by atoms with Gasteiger partial charge in [0, 0.05) is 0 Å². The molecule has 0 amide bonds. The highest BCUT2D eigenvalue weighted by Gasteiger charge is 2.08. The van der Waals surface area contributed by atoms with Crippen molar-refractivity contribution in [2.45, 2.75) is 37.9 Å². The number of hydrogen-bond donors (Lipinski definition) is 0. The topological polar surface area (TPSA) is 0 Å². The molecule has 0 unspecified atom stereocenters. The zero-order valence-electron chi connectivity index (χ0n) is 5.49. The lowest BCUT2D eigenvalue weighted by molar-refractivity contribution is 0.571. The van der Waals surface area contributed by atoms with E-state index in [2.05, 4.69) is 37.1 Å². The van der Waals surface area contributed by atoms with E-state index in [1.807, 2.05) is 0 Å². The largest absolute Gasteiger partial charge is 0.129 e. The lowest BCUT2D eigenvalue weighted by Crippen LogP contribution is -2.02. The van der Waals surface area contributed by atoms with Crippen LogP contribution in [0.3, 0.4) is 0 Å². The number of hydrogen-bond acceptors (Lipinski definition) is 0. The summed E-state index contributed by atoms with van der Waals surface area (Å²) in [5.41, 5.74) is 0. The van der Waals surface area contributed by atoms with Gasteiger partial charge in [-0.1, -0.05) is 37.9 Å². The van der Waals surface area contributed by atoms with Gasteiger partial charge in [-0.05, 0) is 0 Å². The Morgan fingerprint density at radius 2 is 1.57 bits per heavy atom. The molecule has 7 heavy (non-hydrogen) atoms. The molecule has 0 heterocycles. The van der Waals surface area contributed by atoms with Crippen LogP contribution in [-0.4, -0.2) is 16.3 Å². The molecule has 0 N–H and O–H groups in total. The van der Waals surface area contributed by atoms with Crippen LogP contribution >= 0.6 is 0 Å². The quantitative estimate of drug-likeness (QED) is 0.480. The first-order chi connectivity index (χ1) is 3.12. The van der Waals surface area contributed by atoms with Gasteiger partial charge in [0.2, 0.25) is 0 Å². The predicted molar refractivity (Wildman–Crippen MR) is 34.7 cm³/mol. The molecule has 0 aliphatic heterocycles. The van der Waals surface area contributed by atoms with Crippen LogP contribution in [0.2, 0.25) is 4.28 Å². The maximum atomic E-state index is 2.87. The summed E-state index contributed by atoms with van der Waals surface area (Å²) >= 11 is 2.87. The summed E-state index contributed by atoms with van der Waals surface area (Å²) in [6.45, 7) is 6.70. The average Bonchev–Trinajstić information content (AvgIpc) is 1.68. The van der Waals surface area contributed by atoms with Crippen LogP contribution < -0.4 is 0 Å². The van der Waals surface area contributed by atoms with Gasteiger partial charge in [-0.15, -0.1) is 0 Å². The van der Waals surface area contributed by atoms with Gasteiger partial charge in [0.15, 0.2) is 0 Å². The Bertz CT molecular complexity index is 42.1. The molecule has 0 aromatic rings. The molecular formula is C6H13Al. The van der Waals surface area contributed by atoms with Crippen molar-refractivity contribution in [2.75, 3.05) is 0 Å². The molecular weight excluding hydrogens is 99.0 g/mol. The van der Waals surface area contributed by atoms with Gasteiger partial charge in [-0.3, -0.25) is 0 Å². The Kier molecular flexibility index (Phi) is 2.96. The molecule has 0 aromatic carbocycles. The van der Waals surface area contributed by atoms with Crippen LogP contribution in [-0.2, 0) is 0 Å². The molecule has 0 aliphatic rings. The van der Waals surface area contributed by atoms with Gasteiger partial charge in [-0.25, -0.2) is 0 Å². The molecule has 0 atom stereocenters. The molecule has 1 heteroatoms. The SMILES string of the molecule is CC[C](C)([Al])CC. The first-order valence-electron chi connectivity index (χ1n) is 2.91. The van der Waals surface area contributed by atoms with Gasteiger partial charge in [0.05, 0.1) is 0 Å². The first-order valence-corrected chi connectivity index (χ1v) is 3.49. The molecule has 2 radical (unpaired) electrons. The van der Waals surface area contributed by atoms with Crippen molar-refractivity contribution in [1.29, 1.82) is 0 Å². The molecule has 0 fully saturated rings. The van der Waals surface area contributed by atoms with Crippen LogP contribution in [0.25, 0.3) is 0 Å². The van der Waals surface area contributed by atoms with Gasteiger partial charge in [-0.2, -0.15) is 0 Å². The van der Waals surface area contributed by atoms with Gasteiger partial charge in [0.25, 0.3) is 0 Å². The van der Waals surface area contributed by atoms with Crippen LogP contribution in [0.4, 0.5) is 0 Å². The minimum absolute atomic E-state index is 0.500. The molecule has 40 valence electrons.